The van der Waals surface area contributed by atoms with Gasteiger partial charge in [0.1, 0.15) is 28.9 Å². The van der Waals surface area contributed by atoms with Crippen molar-refractivity contribution in [2.45, 2.75) is 39.8 Å². The van der Waals surface area contributed by atoms with Gasteiger partial charge in [-0.25, -0.2) is 9.37 Å². The van der Waals surface area contributed by atoms with Gasteiger partial charge >= 0.3 is 0 Å². The summed E-state index contributed by atoms with van der Waals surface area (Å²) < 4.78 is 20.2. The summed E-state index contributed by atoms with van der Waals surface area (Å²) in [5, 5.41) is 5.07. The maximum Gasteiger partial charge on any atom is 0.271 e. The summed E-state index contributed by atoms with van der Waals surface area (Å²) in [5.41, 5.74) is 2.52. The number of ether oxygens (including phenoxy) is 1. The molecule has 0 unspecified atom stereocenters. The van der Waals surface area contributed by atoms with Gasteiger partial charge in [0.05, 0.1) is 6.04 Å². The molecule has 0 fully saturated rings. The number of benzene rings is 2. The monoisotopic (exact) mass is 507 g/mol. The van der Waals surface area contributed by atoms with E-state index in [1.807, 2.05) is 49.9 Å². The lowest BCUT2D eigenvalue weighted by Gasteiger charge is -2.41. The minimum absolute atomic E-state index is 0.0128. The van der Waals surface area contributed by atoms with Crippen molar-refractivity contribution in [2.75, 3.05) is 13.1 Å². The van der Waals surface area contributed by atoms with E-state index < -0.39 is 11.5 Å². The molecule has 2 amide bonds. The summed E-state index contributed by atoms with van der Waals surface area (Å²) in [6.07, 6.45) is 2.32. The van der Waals surface area contributed by atoms with Crippen LogP contribution in [-0.4, -0.2) is 34.8 Å². The number of rotatable bonds is 7. The van der Waals surface area contributed by atoms with E-state index in [2.05, 4.69) is 16.9 Å². The van der Waals surface area contributed by atoms with Gasteiger partial charge in [0.2, 0.25) is 5.91 Å². The molecule has 0 radical (unpaired) electrons. The van der Waals surface area contributed by atoms with Crippen LogP contribution in [0.2, 0.25) is 0 Å². The molecule has 0 saturated carbocycles. The highest BCUT2D eigenvalue weighted by Crippen LogP contribution is 2.39. The van der Waals surface area contributed by atoms with Crippen molar-refractivity contribution in [1.82, 2.24) is 15.2 Å². The molecule has 2 heterocycles. The Labute approximate surface area is 214 Å². The molecule has 0 spiro atoms. The van der Waals surface area contributed by atoms with E-state index in [1.165, 1.54) is 23.5 Å². The Morgan fingerprint density at radius 3 is 2.81 bits per heavy atom. The number of hydrogen-bond donors (Lipinski definition) is 1. The second-order valence-electron chi connectivity index (χ2n) is 9.73. The quantitative estimate of drug-likeness (QED) is 0.441. The molecule has 3 aromatic rings. The van der Waals surface area contributed by atoms with Crippen molar-refractivity contribution in [3.05, 3.63) is 93.7 Å². The predicted molar refractivity (Wildman–Crippen MR) is 139 cm³/mol. The number of carbonyl (C=O) groups is 2. The van der Waals surface area contributed by atoms with Gasteiger partial charge in [-0.15, -0.1) is 17.9 Å². The van der Waals surface area contributed by atoms with Crippen LogP contribution in [-0.2, 0) is 17.8 Å². The Bertz CT molecular complexity index is 1280. The van der Waals surface area contributed by atoms with Gasteiger partial charge in [0.15, 0.2) is 0 Å². The van der Waals surface area contributed by atoms with Gasteiger partial charge < -0.3 is 15.0 Å². The number of nitrogens with zero attached hydrogens (tertiary/aromatic N) is 2. The van der Waals surface area contributed by atoms with Crippen LogP contribution in [0.25, 0.3) is 0 Å². The summed E-state index contributed by atoms with van der Waals surface area (Å²) in [7, 11) is 0. The molecule has 6 nitrogen and oxygen atoms in total. The first-order valence-corrected chi connectivity index (χ1v) is 12.7. The second-order valence-corrected chi connectivity index (χ2v) is 10.7. The van der Waals surface area contributed by atoms with Crippen molar-refractivity contribution < 1.29 is 18.7 Å². The molecular formula is C28H30FN3O3S. The molecule has 188 valence electrons. The number of amides is 2. The lowest BCUT2D eigenvalue weighted by Crippen LogP contribution is -2.45. The van der Waals surface area contributed by atoms with E-state index in [9.17, 15) is 14.0 Å². The Kier molecular flexibility index (Phi) is 7.54. The fourth-order valence-electron chi connectivity index (χ4n) is 4.25. The molecule has 4 rings (SSSR count). The summed E-state index contributed by atoms with van der Waals surface area (Å²) in [6.45, 7) is 10.4. The number of nitrogens with one attached hydrogen (secondary N) is 1. The third-order valence-electron chi connectivity index (χ3n) is 5.97. The maximum atomic E-state index is 14.2. The van der Waals surface area contributed by atoms with Crippen LogP contribution in [0.4, 0.5) is 4.39 Å². The van der Waals surface area contributed by atoms with Crippen molar-refractivity contribution >= 4 is 23.2 Å². The van der Waals surface area contributed by atoms with Crippen molar-refractivity contribution in [1.29, 1.82) is 0 Å². The van der Waals surface area contributed by atoms with Crippen LogP contribution in [0.1, 0.15) is 59.0 Å². The molecule has 36 heavy (non-hydrogen) atoms. The molecule has 1 aromatic heterocycles. The third kappa shape index (κ3) is 5.65. The zero-order valence-corrected chi connectivity index (χ0v) is 21.5. The highest BCUT2D eigenvalue weighted by atomic mass is 32.1. The maximum absolute atomic E-state index is 14.2. The molecule has 1 N–H and O–H groups in total. The third-order valence-corrected chi connectivity index (χ3v) is 6.79. The lowest BCUT2D eigenvalue weighted by molar-refractivity contribution is -0.141. The molecule has 0 bridgehead atoms. The van der Waals surface area contributed by atoms with Gasteiger partial charge in [-0.3, -0.25) is 9.59 Å². The van der Waals surface area contributed by atoms with E-state index >= 15 is 0 Å². The lowest BCUT2D eigenvalue weighted by atomic mass is 9.85. The van der Waals surface area contributed by atoms with Gasteiger partial charge in [-0.1, -0.05) is 45.0 Å². The molecule has 0 saturated heterocycles. The molecule has 1 aliphatic heterocycles. The summed E-state index contributed by atoms with van der Waals surface area (Å²) in [6, 6.07) is 11.8. The summed E-state index contributed by atoms with van der Waals surface area (Å²) >= 11 is 1.35. The Hall–Kier alpha value is -3.52. The van der Waals surface area contributed by atoms with Crippen LogP contribution < -0.4 is 10.1 Å². The van der Waals surface area contributed by atoms with Crippen LogP contribution in [0.15, 0.2) is 60.5 Å². The fourth-order valence-corrected chi connectivity index (χ4v) is 4.94. The Morgan fingerprint density at radius 2 is 2.08 bits per heavy atom. The fraction of sp³-hybridized carbons (Fsp3) is 0.321. The topological polar surface area (TPSA) is 71.5 Å². The van der Waals surface area contributed by atoms with Gasteiger partial charge in [0.25, 0.3) is 5.91 Å². The average Bonchev–Trinajstić information content (AvgIpc) is 3.33. The normalized spacial score (nSPS) is 15.2. The molecule has 1 atom stereocenters. The average molecular weight is 508 g/mol. The Morgan fingerprint density at radius 1 is 1.28 bits per heavy atom. The summed E-state index contributed by atoms with van der Waals surface area (Å²) in [4.78, 5) is 31.7. The van der Waals surface area contributed by atoms with E-state index in [1.54, 1.807) is 17.5 Å². The van der Waals surface area contributed by atoms with Gasteiger partial charge in [-0.2, -0.15) is 0 Å². The molecule has 2 aromatic carbocycles. The first-order valence-electron chi connectivity index (χ1n) is 11.8. The minimum Gasteiger partial charge on any atom is -0.486 e. The standard InChI is InChI=1S/C28H30FN3O3S/c1-5-12-30-26(33)23-17-36-24(31-23)16-35-21-10-9-18-11-13-32(27(34)28(2,3)4)25(22(18)15-21)19-7-6-8-20(29)14-19/h5-10,14-15,17,25H,1,11-13,16H2,2-4H3,(H,30,33)/t25-/m1/s1. The number of fused-ring (bicyclic) bond motifs is 1. The molecule has 0 aliphatic carbocycles. The summed E-state index contributed by atoms with van der Waals surface area (Å²) in [5.74, 6) is 0.0338. The van der Waals surface area contributed by atoms with Gasteiger partial charge in [-0.05, 0) is 47.4 Å². The van der Waals surface area contributed by atoms with Crippen LogP contribution in [0.3, 0.4) is 0 Å². The first-order chi connectivity index (χ1) is 17.2. The number of halogens is 1. The van der Waals surface area contributed by atoms with E-state index in [-0.39, 0.29) is 24.2 Å². The van der Waals surface area contributed by atoms with E-state index in [0.29, 0.717) is 36.0 Å². The zero-order valence-electron chi connectivity index (χ0n) is 20.7. The molecule has 8 heteroatoms. The number of hydrogen-bond acceptors (Lipinski definition) is 5. The first kappa shape index (κ1) is 25.6. The second kappa shape index (κ2) is 10.6. The van der Waals surface area contributed by atoms with Crippen LogP contribution in [0, 0.1) is 11.2 Å². The molecule has 1 aliphatic rings. The van der Waals surface area contributed by atoms with Crippen molar-refractivity contribution in [2.24, 2.45) is 5.41 Å². The van der Waals surface area contributed by atoms with Crippen molar-refractivity contribution in [3.8, 4) is 5.75 Å². The predicted octanol–water partition coefficient (Wildman–Crippen LogP) is 5.30. The van der Waals surface area contributed by atoms with E-state index in [4.69, 9.17) is 4.74 Å². The van der Waals surface area contributed by atoms with Crippen LogP contribution >= 0.6 is 11.3 Å². The smallest absolute Gasteiger partial charge is 0.271 e. The number of carbonyl (C=O) groups excluding carboxylic acids is 2. The minimum atomic E-state index is -0.572. The number of aromatic nitrogens is 1. The zero-order chi connectivity index (χ0) is 25.9. The van der Waals surface area contributed by atoms with Crippen LogP contribution in [0.5, 0.6) is 5.75 Å². The molecular weight excluding hydrogens is 477 g/mol. The highest BCUT2D eigenvalue weighted by molar-refractivity contribution is 7.09. The largest absolute Gasteiger partial charge is 0.486 e. The SMILES string of the molecule is C=CCNC(=O)c1csc(COc2ccc3c(c2)[C@@H](c2cccc(F)c2)N(C(=O)C(C)(C)C)CC3)n1. The van der Waals surface area contributed by atoms with E-state index in [0.717, 1.165) is 16.7 Å². The van der Waals surface area contributed by atoms with Gasteiger partial charge in [0, 0.05) is 23.9 Å². The highest BCUT2D eigenvalue weighted by Gasteiger charge is 2.37. The number of thiazole rings is 1. The Balaban J connectivity index is 1.60. The van der Waals surface area contributed by atoms with Crippen molar-refractivity contribution in [3.63, 3.8) is 0 Å².